The summed E-state index contributed by atoms with van der Waals surface area (Å²) in [6.07, 6.45) is 0.764. The molecular weight excluding hydrogens is 961 g/mol. The third-order valence-corrected chi connectivity index (χ3v) is 19.9. The van der Waals surface area contributed by atoms with Crippen LogP contribution < -0.4 is 31.9 Å². The first-order valence-electron chi connectivity index (χ1n) is 23.2. The molecule has 0 aromatic carbocycles. The van der Waals surface area contributed by atoms with E-state index >= 15 is 0 Å². The van der Waals surface area contributed by atoms with E-state index in [1.807, 2.05) is 6.92 Å². The average Bonchev–Trinajstić information content (AvgIpc) is 3.32. The normalized spacial score (nSPS) is 14.2. The van der Waals surface area contributed by atoms with Crippen LogP contribution in [0.25, 0.3) is 0 Å². The summed E-state index contributed by atoms with van der Waals surface area (Å²) in [4.78, 5) is 75.4. The van der Waals surface area contributed by atoms with Crippen LogP contribution in [0.5, 0.6) is 0 Å². The van der Waals surface area contributed by atoms with Crippen molar-refractivity contribution in [3.8, 4) is 0 Å². The van der Waals surface area contributed by atoms with Crippen molar-refractivity contribution < 1.29 is 83.5 Å². The van der Waals surface area contributed by atoms with E-state index in [4.69, 9.17) is 49.6 Å². The number of ether oxygens (including phenoxy) is 3. The lowest BCUT2D eigenvalue weighted by molar-refractivity contribution is -0.131. The summed E-state index contributed by atoms with van der Waals surface area (Å²) in [5.74, 6) is -2.77. The summed E-state index contributed by atoms with van der Waals surface area (Å²) >= 11 is 0. The van der Waals surface area contributed by atoms with Crippen LogP contribution in [0, 0.1) is 5.41 Å². The van der Waals surface area contributed by atoms with Gasteiger partial charge >= 0.3 is 26.2 Å². The smallest absolute Gasteiger partial charge is 0.396 e. The van der Waals surface area contributed by atoms with E-state index in [1.54, 1.807) is 20.8 Å². The van der Waals surface area contributed by atoms with Gasteiger partial charge in [0.1, 0.15) is 19.3 Å². The first-order valence-corrected chi connectivity index (χ1v) is 29.3. The fourth-order valence-electron chi connectivity index (χ4n) is 6.77. The second-order valence-corrected chi connectivity index (χ2v) is 26.4. The van der Waals surface area contributed by atoms with Gasteiger partial charge in [0.2, 0.25) is 35.4 Å². The van der Waals surface area contributed by atoms with Crippen molar-refractivity contribution in [2.45, 2.75) is 109 Å². The molecule has 0 aromatic heterocycles. The van der Waals surface area contributed by atoms with E-state index in [0.29, 0.717) is 56.9 Å². The molecule has 3 unspecified atom stereocenters. The lowest BCUT2D eigenvalue weighted by Crippen LogP contribution is -2.45. The van der Waals surface area contributed by atoms with Gasteiger partial charge in [-0.25, -0.2) is 0 Å². The van der Waals surface area contributed by atoms with Crippen molar-refractivity contribution in [3.63, 3.8) is 0 Å². The second-order valence-electron chi connectivity index (χ2n) is 16.8. The van der Waals surface area contributed by atoms with Crippen molar-refractivity contribution in [1.82, 2.24) is 31.9 Å². The standard InChI is InChI=1S/C42H86N6O18Si3/c1-13-42(29-64-26-33(2)46-39(53)23-36(50)43-17-14-20-67(32-49,56-5)57-6,30-65-27-34(3)47-40(54)24-37(51)44-18-15-21-68(58-7,59-8)60-9)31-66-28-35(4)48-41(55)25-38(52)45-19-16-22-69(61-10,62-11)63-12/h33-35,49H,13-32H2,1-12H3,(H,43,50)(H,44,51)(H,45,52)(H,46,53)(H,47,54)(H,48,55). The number of carbonyl (C=O) groups is 6. The summed E-state index contributed by atoms with van der Waals surface area (Å²) < 4.78 is 61.4. The first kappa shape index (κ1) is 66.0. The number of hydrogen-bond donors (Lipinski definition) is 7. The van der Waals surface area contributed by atoms with E-state index in [-0.39, 0.29) is 71.7 Å². The van der Waals surface area contributed by atoms with E-state index in [9.17, 15) is 33.9 Å². The summed E-state index contributed by atoms with van der Waals surface area (Å²) in [5.41, 5.74) is -0.720. The highest BCUT2D eigenvalue weighted by molar-refractivity contribution is 6.67. The van der Waals surface area contributed by atoms with E-state index in [0.717, 1.165) is 0 Å². The molecule has 69 heavy (non-hydrogen) atoms. The van der Waals surface area contributed by atoms with Crippen LogP contribution in [-0.4, -0.2) is 207 Å². The van der Waals surface area contributed by atoms with Crippen molar-refractivity contribution in [3.05, 3.63) is 0 Å². The molecule has 0 aliphatic carbocycles. The Kier molecular flexibility index (Phi) is 35.2. The molecule has 0 heterocycles. The van der Waals surface area contributed by atoms with Crippen LogP contribution in [0.3, 0.4) is 0 Å². The van der Waals surface area contributed by atoms with Gasteiger partial charge in [-0.1, -0.05) is 6.92 Å². The molecule has 0 saturated carbocycles. The molecule has 7 N–H and O–H groups in total. The Hall–Kier alpha value is -3.01. The Morgan fingerprint density at radius 2 is 0.754 bits per heavy atom. The lowest BCUT2D eigenvalue weighted by Gasteiger charge is -2.33. The number of aliphatic hydroxyl groups is 1. The maximum atomic E-state index is 12.7. The van der Waals surface area contributed by atoms with Crippen LogP contribution in [0.15, 0.2) is 0 Å². The van der Waals surface area contributed by atoms with Crippen molar-refractivity contribution in [1.29, 1.82) is 0 Å². The minimum atomic E-state index is -2.77. The lowest BCUT2D eigenvalue weighted by atomic mass is 9.88. The number of hydrogen-bond acceptors (Lipinski definition) is 18. The van der Waals surface area contributed by atoms with E-state index < -0.39 is 85.2 Å². The molecule has 3 atom stereocenters. The molecular formula is C42H86N6O18Si3. The SMILES string of the molecule is CCC(COCC(C)NC(=O)CC(=O)NCCC[Si](CO)(OC)OC)(COCC(C)NC(=O)CC(=O)NCCC[Si](OC)(OC)OC)COCC(C)NC(=O)CC(=O)NCCC[Si](OC)(OC)OC. The molecule has 0 aromatic rings. The Bertz CT molecular complexity index is 1290. The van der Waals surface area contributed by atoms with Gasteiger partial charge in [-0.3, -0.25) is 28.8 Å². The average molecular weight is 1050 g/mol. The van der Waals surface area contributed by atoms with Gasteiger partial charge in [0, 0.05) is 112 Å². The fraction of sp³-hybridized carbons (Fsp3) is 0.857. The number of carbonyl (C=O) groups excluding carboxylic acids is 6. The van der Waals surface area contributed by atoms with Crippen molar-refractivity contribution in [2.75, 3.05) is 122 Å². The Labute approximate surface area is 412 Å². The highest BCUT2D eigenvalue weighted by Gasteiger charge is 2.38. The zero-order chi connectivity index (χ0) is 52.4. The molecule has 0 bridgehead atoms. The van der Waals surface area contributed by atoms with Gasteiger partial charge in [-0.2, -0.15) is 0 Å². The zero-order valence-electron chi connectivity index (χ0n) is 43.3. The molecule has 27 heteroatoms. The van der Waals surface area contributed by atoms with Gasteiger partial charge in [-0.05, 0) is 52.5 Å². The maximum Gasteiger partial charge on any atom is 0.500 e. The minimum Gasteiger partial charge on any atom is -0.396 e. The summed E-state index contributed by atoms with van der Waals surface area (Å²) in [7, 11) is 3.77. The van der Waals surface area contributed by atoms with Crippen LogP contribution in [0.2, 0.25) is 18.1 Å². The van der Waals surface area contributed by atoms with Gasteiger partial charge in [0.05, 0.1) is 45.9 Å². The van der Waals surface area contributed by atoms with E-state index in [2.05, 4.69) is 31.9 Å². The molecule has 0 radical (unpaired) electrons. The van der Waals surface area contributed by atoms with Gasteiger partial charge in [0.25, 0.3) is 0 Å². The Balaban J connectivity index is 5.34. The largest absolute Gasteiger partial charge is 0.500 e. The monoisotopic (exact) mass is 1050 g/mol. The Morgan fingerprint density at radius 1 is 0.464 bits per heavy atom. The van der Waals surface area contributed by atoms with Crippen LogP contribution in [0.1, 0.15) is 72.6 Å². The molecule has 404 valence electrons. The van der Waals surface area contributed by atoms with Gasteiger partial charge in [-0.15, -0.1) is 0 Å². The third kappa shape index (κ3) is 28.0. The summed E-state index contributed by atoms with van der Waals surface area (Å²) in [6, 6.07) is 0.0718. The highest BCUT2D eigenvalue weighted by Crippen LogP contribution is 2.25. The first-order chi connectivity index (χ1) is 32.8. The number of rotatable bonds is 43. The van der Waals surface area contributed by atoms with Crippen molar-refractivity contribution in [2.24, 2.45) is 5.41 Å². The van der Waals surface area contributed by atoms with Gasteiger partial charge < -0.3 is 86.6 Å². The molecule has 6 amide bonds. The minimum absolute atomic E-state index is 0.0992. The number of nitrogens with one attached hydrogen (secondary N) is 6. The van der Waals surface area contributed by atoms with Crippen molar-refractivity contribution >= 4 is 61.6 Å². The Morgan fingerprint density at radius 3 is 1.00 bits per heavy atom. The molecule has 0 spiro atoms. The van der Waals surface area contributed by atoms with Crippen LogP contribution >= 0.6 is 0 Å². The van der Waals surface area contributed by atoms with Gasteiger partial charge in [0.15, 0.2) is 0 Å². The predicted molar refractivity (Wildman–Crippen MR) is 260 cm³/mol. The fourth-order valence-corrected chi connectivity index (χ4v) is 11.9. The molecule has 0 saturated heterocycles. The topological polar surface area (TPSA) is 296 Å². The number of aliphatic hydroxyl groups excluding tert-OH is 1. The third-order valence-electron chi connectivity index (χ3n) is 11.1. The maximum absolute atomic E-state index is 12.7. The molecule has 0 fully saturated rings. The molecule has 0 aliphatic heterocycles. The molecule has 0 aliphatic rings. The molecule has 0 rings (SSSR count). The van der Waals surface area contributed by atoms with Crippen LogP contribution in [0.4, 0.5) is 0 Å². The zero-order valence-corrected chi connectivity index (χ0v) is 46.3. The van der Waals surface area contributed by atoms with E-state index in [1.165, 1.54) is 56.9 Å². The quantitative estimate of drug-likeness (QED) is 0.0234. The summed E-state index contributed by atoms with van der Waals surface area (Å²) in [6.45, 7) is 8.81. The highest BCUT2D eigenvalue weighted by atomic mass is 28.4. The number of amides is 6. The summed E-state index contributed by atoms with van der Waals surface area (Å²) in [5, 5.41) is 26.1. The molecule has 24 nitrogen and oxygen atoms in total. The predicted octanol–water partition coefficient (Wildman–Crippen LogP) is -0.341. The van der Waals surface area contributed by atoms with Crippen LogP contribution in [-0.2, 0) is 78.4 Å². The second kappa shape index (κ2) is 36.8.